The number of thioether (sulfide) groups is 1. The molecule has 0 aromatic carbocycles. The first-order chi connectivity index (χ1) is 6.36. The Kier molecular flexibility index (Phi) is 3.30. The molecule has 0 radical (unpaired) electrons. The first-order valence-corrected chi connectivity index (χ1v) is 6.67. The average Bonchev–Trinajstić information content (AvgIpc) is 2.56. The standard InChI is InChI=1S/C10H15NS2/c1-8-4-5-11-9(7-13-8)10-3-2-6-12-10/h2-3,6,8-9,11H,4-5,7H2,1H3. The third-order valence-electron chi connectivity index (χ3n) is 2.38. The number of rotatable bonds is 1. The van der Waals surface area contributed by atoms with Crippen molar-refractivity contribution >= 4 is 23.1 Å². The molecule has 1 fully saturated rings. The minimum atomic E-state index is 0.593. The predicted molar refractivity (Wildman–Crippen MR) is 61.6 cm³/mol. The minimum absolute atomic E-state index is 0.593. The van der Waals surface area contributed by atoms with Crippen molar-refractivity contribution in [3.63, 3.8) is 0 Å². The fourth-order valence-corrected chi connectivity index (χ4v) is 3.55. The molecule has 0 amide bonds. The van der Waals surface area contributed by atoms with Gasteiger partial charge in [-0.25, -0.2) is 0 Å². The summed E-state index contributed by atoms with van der Waals surface area (Å²) in [5, 5.41) is 6.58. The van der Waals surface area contributed by atoms with Crippen LogP contribution in [0.3, 0.4) is 0 Å². The highest BCUT2D eigenvalue weighted by atomic mass is 32.2. The zero-order chi connectivity index (χ0) is 9.10. The van der Waals surface area contributed by atoms with Gasteiger partial charge < -0.3 is 5.32 Å². The number of nitrogens with one attached hydrogen (secondary N) is 1. The van der Waals surface area contributed by atoms with Gasteiger partial charge in [0, 0.05) is 15.9 Å². The monoisotopic (exact) mass is 213 g/mol. The SMILES string of the molecule is CC1CCNC(c2cccs2)CS1. The van der Waals surface area contributed by atoms with Crippen molar-refractivity contribution in [1.29, 1.82) is 0 Å². The lowest BCUT2D eigenvalue weighted by atomic mass is 10.2. The minimum Gasteiger partial charge on any atom is -0.309 e. The van der Waals surface area contributed by atoms with Crippen molar-refractivity contribution in [2.75, 3.05) is 12.3 Å². The van der Waals surface area contributed by atoms with E-state index in [-0.39, 0.29) is 0 Å². The zero-order valence-corrected chi connectivity index (χ0v) is 9.46. The van der Waals surface area contributed by atoms with Crippen molar-refractivity contribution in [3.05, 3.63) is 22.4 Å². The lowest BCUT2D eigenvalue weighted by molar-refractivity contribution is 0.586. The fraction of sp³-hybridized carbons (Fsp3) is 0.600. The highest BCUT2D eigenvalue weighted by molar-refractivity contribution is 7.99. The van der Waals surface area contributed by atoms with Crippen molar-refractivity contribution < 1.29 is 0 Å². The van der Waals surface area contributed by atoms with Gasteiger partial charge in [-0.3, -0.25) is 0 Å². The molecular weight excluding hydrogens is 198 g/mol. The second-order valence-electron chi connectivity index (χ2n) is 3.45. The zero-order valence-electron chi connectivity index (χ0n) is 7.82. The molecule has 72 valence electrons. The second kappa shape index (κ2) is 4.49. The van der Waals surface area contributed by atoms with Gasteiger partial charge in [-0.1, -0.05) is 13.0 Å². The Morgan fingerprint density at radius 1 is 1.54 bits per heavy atom. The first-order valence-electron chi connectivity index (χ1n) is 4.74. The van der Waals surface area contributed by atoms with Crippen LogP contribution in [0.15, 0.2) is 17.5 Å². The molecule has 0 spiro atoms. The number of hydrogen-bond acceptors (Lipinski definition) is 3. The van der Waals surface area contributed by atoms with E-state index in [4.69, 9.17) is 0 Å². The van der Waals surface area contributed by atoms with Crippen LogP contribution in [0.4, 0.5) is 0 Å². The quantitative estimate of drug-likeness (QED) is 0.770. The van der Waals surface area contributed by atoms with Crippen LogP contribution in [0.25, 0.3) is 0 Å². The highest BCUT2D eigenvalue weighted by Gasteiger charge is 2.17. The van der Waals surface area contributed by atoms with Crippen LogP contribution in [0, 0.1) is 0 Å². The van der Waals surface area contributed by atoms with E-state index in [2.05, 4.69) is 41.5 Å². The summed E-state index contributed by atoms with van der Waals surface area (Å²) >= 11 is 3.95. The Bertz CT molecular complexity index is 245. The van der Waals surface area contributed by atoms with Gasteiger partial charge in [0.25, 0.3) is 0 Å². The van der Waals surface area contributed by atoms with Crippen molar-refractivity contribution in [2.45, 2.75) is 24.6 Å². The number of thiophene rings is 1. The molecule has 1 nitrogen and oxygen atoms in total. The summed E-state index contributed by atoms with van der Waals surface area (Å²) in [5.41, 5.74) is 0. The maximum absolute atomic E-state index is 3.60. The van der Waals surface area contributed by atoms with E-state index in [0.29, 0.717) is 6.04 Å². The molecule has 0 saturated carbocycles. The Balaban J connectivity index is 2.00. The van der Waals surface area contributed by atoms with E-state index >= 15 is 0 Å². The highest BCUT2D eigenvalue weighted by Crippen LogP contribution is 2.28. The molecule has 2 rings (SSSR count). The van der Waals surface area contributed by atoms with Crippen LogP contribution < -0.4 is 5.32 Å². The number of hydrogen-bond donors (Lipinski definition) is 1. The van der Waals surface area contributed by atoms with E-state index in [1.54, 1.807) is 0 Å². The third kappa shape index (κ3) is 2.48. The Labute approximate surface area is 87.9 Å². The molecule has 1 aromatic heterocycles. The smallest absolute Gasteiger partial charge is 0.0506 e. The fourth-order valence-electron chi connectivity index (χ4n) is 1.54. The van der Waals surface area contributed by atoms with Gasteiger partial charge >= 0.3 is 0 Å². The maximum atomic E-state index is 3.60. The molecule has 2 unspecified atom stereocenters. The van der Waals surface area contributed by atoms with Crippen LogP contribution in [0.2, 0.25) is 0 Å². The Hall–Kier alpha value is 0.01000. The molecule has 1 aliphatic rings. The van der Waals surface area contributed by atoms with Gasteiger partial charge in [0.1, 0.15) is 0 Å². The normalized spacial score (nSPS) is 29.9. The molecule has 1 N–H and O–H groups in total. The summed E-state index contributed by atoms with van der Waals surface area (Å²) in [6.07, 6.45) is 1.30. The second-order valence-corrected chi connectivity index (χ2v) is 5.91. The molecule has 0 bridgehead atoms. The van der Waals surface area contributed by atoms with Crippen molar-refractivity contribution in [1.82, 2.24) is 5.32 Å². The van der Waals surface area contributed by atoms with Gasteiger partial charge in [0.05, 0.1) is 6.04 Å². The molecule has 0 aliphatic carbocycles. The molecule has 2 atom stereocenters. The lowest BCUT2D eigenvalue weighted by Crippen LogP contribution is -2.21. The molecule has 1 aliphatic heterocycles. The maximum Gasteiger partial charge on any atom is 0.0506 e. The van der Waals surface area contributed by atoms with E-state index in [9.17, 15) is 0 Å². The molecule has 1 aromatic rings. The van der Waals surface area contributed by atoms with Gasteiger partial charge in [0.15, 0.2) is 0 Å². The van der Waals surface area contributed by atoms with E-state index in [1.165, 1.54) is 17.1 Å². The largest absolute Gasteiger partial charge is 0.309 e. The summed E-state index contributed by atoms with van der Waals surface area (Å²) < 4.78 is 0. The predicted octanol–water partition coefficient (Wildman–Crippen LogP) is 2.90. The van der Waals surface area contributed by atoms with Gasteiger partial charge in [0.2, 0.25) is 0 Å². The molecule has 2 heterocycles. The molecule has 1 saturated heterocycles. The van der Waals surface area contributed by atoms with E-state index in [1.807, 2.05) is 11.3 Å². The first kappa shape index (κ1) is 9.56. The van der Waals surface area contributed by atoms with Gasteiger partial charge in [-0.2, -0.15) is 11.8 Å². The Morgan fingerprint density at radius 3 is 3.23 bits per heavy atom. The van der Waals surface area contributed by atoms with Crippen LogP contribution in [-0.4, -0.2) is 17.5 Å². The Morgan fingerprint density at radius 2 is 2.46 bits per heavy atom. The molecular formula is C10H15NS2. The topological polar surface area (TPSA) is 12.0 Å². The summed E-state index contributed by atoms with van der Waals surface area (Å²) in [6, 6.07) is 4.97. The van der Waals surface area contributed by atoms with Crippen LogP contribution in [0.5, 0.6) is 0 Å². The van der Waals surface area contributed by atoms with E-state index < -0.39 is 0 Å². The van der Waals surface area contributed by atoms with E-state index in [0.717, 1.165) is 11.8 Å². The molecule has 3 heteroatoms. The summed E-state index contributed by atoms with van der Waals surface area (Å²) in [4.78, 5) is 1.49. The van der Waals surface area contributed by atoms with Gasteiger partial charge in [-0.05, 0) is 24.4 Å². The van der Waals surface area contributed by atoms with Crippen LogP contribution >= 0.6 is 23.1 Å². The molecule has 13 heavy (non-hydrogen) atoms. The lowest BCUT2D eigenvalue weighted by Gasteiger charge is -2.12. The van der Waals surface area contributed by atoms with Crippen molar-refractivity contribution in [2.24, 2.45) is 0 Å². The average molecular weight is 213 g/mol. The summed E-state index contributed by atoms with van der Waals surface area (Å²) in [5.74, 6) is 1.22. The van der Waals surface area contributed by atoms with Crippen LogP contribution in [-0.2, 0) is 0 Å². The van der Waals surface area contributed by atoms with Crippen molar-refractivity contribution in [3.8, 4) is 0 Å². The third-order valence-corrected chi connectivity index (χ3v) is 4.69. The summed E-state index contributed by atoms with van der Waals surface area (Å²) in [7, 11) is 0. The van der Waals surface area contributed by atoms with Gasteiger partial charge in [-0.15, -0.1) is 11.3 Å². The summed E-state index contributed by atoms with van der Waals surface area (Å²) in [6.45, 7) is 3.49. The van der Waals surface area contributed by atoms with Crippen LogP contribution in [0.1, 0.15) is 24.3 Å².